The molecule has 2 heterocycles. The third kappa shape index (κ3) is 3.01. The summed E-state index contributed by atoms with van der Waals surface area (Å²) in [6.07, 6.45) is 2.41. The van der Waals surface area contributed by atoms with E-state index in [1.165, 1.54) is 24.0 Å². The summed E-state index contributed by atoms with van der Waals surface area (Å²) in [4.78, 5) is 10.8. The quantitative estimate of drug-likeness (QED) is 0.708. The molecule has 1 aromatic carbocycles. The number of nitrogens with one attached hydrogen (secondary N) is 1. The van der Waals surface area contributed by atoms with E-state index in [9.17, 15) is 0 Å². The van der Waals surface area contributed by atoms with Crippen LogP contribution >= 0.6 is 11.3 Å². The zero-order valence-electron chi connectivity index (χ0n) is 14.0. The molecule has 2 aromatic heterocycles. The predicted molar refractivity (Wildman–Crippen MR) is 99.8 cm³/mol. The van der Waals surface area contributed by atoms with Gasteiger partial charge in [-0.2, -0.15) is 0 Å². The first kappa shape index (κ1) is 15.5. The van der Waals surface area contributed by atoms with Gasteiger partial charge in [0.1, 0.15) is 16.5 Å². The summed E-state index contributed by atoms with van der Waals surface area (Å²) in [5.74, 6) is 2.46. The molecule has 0 unspecified atom stereocenters. The van der Waals surface area contributed by atoms with E-state index in [2.05, 4.69) is 41.9 Å². The van der Waals surface area contributed by atoms with Gasteiger partial charge in [0.15, 0.2) is 0 Å². The second-order valence-corrected chi connectivity index (χ2v) is 7.26. The monoisotopic (exact) mass is 339 g/mol. The van der Waals surface area contributed by atoms with E-state index in [0.717, 1.165) is 21.9 Å². The Morgan fingerprint density at radius 1 is 1.25 bits per heavy atom. The van der Waals surface area contributed by atoms with E-state index >= 15 is 0 Å². The molecule has 1 N–H and O–H groups in total. The Labute approximate surface area is 145 Å². The molecular formula is C19H21N3OS. The number of benzene rings is 1. The van der Waals surface area contributed by atoms with Crippen molar-refractivity contribution in [2.24, 2.45) is 0 Å². The Morgan fingerprint density at radius 2 is 2.04 bits per heavy atom. The first-order valence-corrected chi connectivity index (χ1v) is 9.24. The van der Waals surface area contributed by atoms with E-state index in [1.54, 1.807) is 18.4 Å². The molecule has 0 spiro atoms. The van der Waals surface area contributed by atoms with Crippen LogP contribution in [0.25, 0.3) is 21.3 Å². The summed E-state index contributed by atoms with van der Waals surface area (Å²) in [5, 5.41) is 6.85. The minimum absolute atomic E-state index is 0.198. The maximum absolute atomic E-state index is 5.27. The van der Waals surface area contributed by atoms with Crippen LogP contribution in [0, 0.1) is 0 Å². The molecule has 1 atom stereocenters. The van der Waals surface area contributed by atoms with Crippen molar-refractivity contribution >= 4 is 27.4 Å². The minimum atomic E-state index is 0.198. The molecule has 24 heavy (non-hydrogen) atoms. The molecule has 3 aromatic rings. The summed E-state index contributed by atoms with van der Waals surface area (Å²) < 4.78 is 5.27. The van der Waals surface area contributed by atoms with Gasteiger partial charge in [-0.25, -0.2) is 9.97 Å². The van der Waals surface area contributed by atoms with Gasteiger partial charge in [-0.3, -0.25) is 0 Å². The van der Waals surface area contributed by atoms with Crippen LogP contribution in [-0.2, 0) is 4.74 Å². The summed E-state index contributed by atoms with van der Waals surface area (Å²) in [5.41, 5.74) is 2.40. The highest BCUT2D eigenvalue weighted by Gasteiger charge is 2.28. The molecule has 1 aliphatic carbocycles. The number of methoxy groups -OCH3 is 1. The fourth-order valence-corrected chi connectivity index (χ4v) is 3.90. The van der Waals surface area contributed by atoms with Gasteiger partial charge < -0.3 is 10.1 Å². The topological polar surface area (TPSA) is 47.0 Å². The molecule has 1 aliphatic rings. The minimum Gasteiger partial charge on any atom is -0.383 e. The maximum atomic E-state index is 5.27. The second-order valence-electron chi connectivity index (χ2n) is 6.40. The van der Waals surface area contributed by atoms with Gasteiger partial charge in [-0.1, -0.05) is 30.3 Å². The van der Waals surface area contributed by atoms with Crippen molar-refractivity contribution in [2.45, 2.75) is 31.7 Å². The highest BCUT2D eigenvalue weighted by Crippen LogP contribution is 2.42. The van der Waals surface area contributed by atoms with Crippen LogP contribution in [0.3, 0.4) is 0 Å². The number of nitrogens with zero attached hydrogens (tertiary/aromatic N) is 2. The lowest BCUT2D eigenvalue weighted by Gasteiger charge is -2.16. The fourth-order valence-electron chi connectivity index (χ4n) is 2.94. The lowest BCUT2D eigenvalue weighted by molar-refractivity contribution is 0.190. The zero-order valence-corrected chi connectivity index (χ0v) is 14.8. The average Bonchev–Trinajstić information content (AvgIpc) is 3.35. The van der Waals surface area contributed by atoms with Gasteiger partial charge in [0.25, 0.3) is 0 Å². The normalized spacial score (nSPS) is 15.6. The number of anilines is 1. The predicted octanol–water partition coefficient (Wildman–Crippen LogP) is 4.68. The number of fused-ring (bicyclic) bond motifs is 1. The lowest BCUT2D eigenvalue weighted by Crippen LogP contribution is -2.22. The van der Waals surface area contributed by atoms with Crippen LogP contribution in [0.15, 0.2) is 35.7 Å². The number of ether oxygens (including phenoxy) is 1. The molecule has 0 amide bonds. The number of aromatic nitrogens is 2. The van der Waals surface area contributed by atoms with Crippen molar-refractivity contribution in [1.29, 1.82) is 0 Å². The largest absolute Gasteiger partial charge is 0.383 e. The van der Waals surface area contributed by atoms with Crippen molar-refractivity contribution < 1.29 is 4.74 Å². The smallest absolute Gasteiger partial charge is 0.139 e. The Hall–Kier alpha value is -1.98. The van der Waals surface area contributed by atoms with E-state index in [4.69, 9.17) is 14.7 Å². The Morgan fingerprint density at radius 3 is 2.75 bits per heavy atom. The van der Waals surface area contributed by atoms with Crippen molar-refractivity contribution in [2.75, 3.05) is 19.0 Å². The highest BCUT2D eigenvalue weighted by atomic mass is 32.1. The standard InChI is InChI=1S/C19H21N3OS/c1-12(10-23-2)20-18-16-15(13-6-4-3-5-7-13)11-24-19(16)22-17(21-18)14-8-9-14/h3-7,11-12,14H,8-10H2,1-2H3,(H,20,21,22)/t12-/m1/s1. The van der Waals surface area contributed by atoms with Crippen LogP contribution in [0.5, 0.6) is 0 Å². The van der Waals surface area contributed by atoms with Gasteiger partial charge in [0.2, 0.25) is 0 Å². The molecule has 0 bridgehead atoms. The van der Waals surface area contributed by atoms with Crippen molar-refractivity contribution in [1.82, 2.24) is 9.97 Å². The van der Waals surface area contributed by atoms with Crippen LogP contribution in [-0.4, -0.2) is 29.7 Å². The summed E-state index contributed by atoms with van der Waals surface area (Å²) >= 11 is 1.70. The molecule has 0 aliphatic heterocycles. The van der Waals surface area contributed by atoms with E-state index in [1.807, 2.05) is 6.07 Å². The van der Waals surface area contributed by atoms with Crippen LogP contribution < -0.4 is 5.32 Å². The molecule has 0 radical (unpaired) electrons. The van der Waals surface area contributed by atoms with Gasteiger partial charge >= 0.3 is 0 Å². The second kappa shape index (κ2) is 6.49. The zero-order chi connectivity index (χ0) is 16.5. The van der Waals surface area contributed by atoms with E-state index in [-0.39, 0.29) is 6.04 Å². The number of thiophene rings is 1. The molecule has 4 rings (SSSR count). The Balaban J connectivity index is 1.83. The van der Waals surface area contributed by atoms with Crippen molar-refractivity contribution in [3.8, 4) is 11.1 Å². The summed E-state index contributed by atoms with van der Waals surface area (Å²) in [7, 11) is 1.73. The number of hydrogen-bond acceptors (Lipinski definition) is 5. The first-order valence-electron chi connectivity index (χ1n) is 8.36. The Kier molecular flexibility index (Phi) is 4.21. The summed E-state index contributed by atoms with van der Waals surface area (Å²) in [6.45, 7) is 2.76. The fraction of sp³-hybridized carbons (Fsp3) is 0.368. The van der Waals surface area contributed by atoms with Gasteiger partial charge in [-0.05, 0) is 25.3 Å². The van der Waals surface area contributed by atoms with Gasteiger partial charge in [0.05, 0.1) is 12.0 Å². The molecular weight excluding hydrogens is 318 g/mol. The van der Waals surface area contributed by atoms with Gasteiger partial charge in [-0.15, -0.1) is 11.3 Å². The average molecular weight is 339 g/mol. The molecule has 5 heteroatoms. The molecule has 0 saturated heterocycles. The molecule has 124 valence electrons. The number of hydrogen-bond donors (Lipinski definition) is 1. The van der Waals surface area contributed by atoms with Gasteiger partial charge in [0, 0.05) is 30.0 Å². The van der Waals surface area contributed by atoms with Crippen LogP contribution in [0.2, 0.25) is 0 Å². The van der Waals surface area contributed by atoms with E-state index in [0.29, 0.717) is 12.5 Å². The first-order chi connectivity index (χ1) is 11.8. The van der Waals surface area contributed by atoms with Crippen molar-refractivity contribution in [3.05, 3.63) is 41.5 Å². The third-order valence-electron chi connectivity index (χ3n) is 4.28. The molecule has 1 saturated carbocycles. The van der Waals surface area contributed by atoms with Crippen LogP contribution in [0.1, 0.15) is 31.5 Å². The molecule has 1 fully saturated rings. The van der Waals surface area contributed by atoms with E-state index < -0.39 is 0 Å². The maximum Gasteiger partial charge on any atom is 0.139 e. The SMILES string of the molecule is COC[C@@H](C)Nc1nc(C2CC2)nc2scc(-c3ccccc3)c12. The van der Waals surface area contributed by atoms with Crippen LogP contribution in [0.4, 0.5) is 5.82 Å². The number of rotatable bonds is 6. The Bertz CT molecular complexity index is 842. The molecule has 4 nitrogen and oxygen atoms in total. The van der Waals surface area contributed by atoms with Crippen molar-refractivity contribution in [3.63, 3.8) is 0 Å². The third-order valence-corrected chi connectivity index (χ3v) is 5.15. The highest BCUT2D eigenvalue weighted by molar-refractivity contribution is 7.17. The summed E-state index contributed by atoms with van der Waals surface area (Å²) in [6, 6.07) is 10.7. The lowest BCUT2D eigenvalue weighted by atomic mass is 10.1.